The van der Waals surface area contributed by atoms with Crippen molar-refractivity contribution in [1.82, 2.24) is 10.3 Å². The smallest absolute Gasteiger partial charge is 0.257 e. The van der Waals surface area contributed by atoms with Crippen LogP contribution in [0.15, 0.2) is 53.4 Å². The van der Waals surface area contributed by atoms with Gasteiger partial charge in [0.05, 0.1) is 10.8 Å². The number of benzene rings is 2. The normalized spacial score (nSPS) is 12.8. The minimum absolute atomic E-state index is 0.106. The van der Waals surface area contributed by atoms with E-state index in [-0.39, 0.29) is 4.90 Å². The highest BCUT2D eigenvalue weighted by Gasteiger charge is 2.19. The molecule has 0 aromatic heterocycles. The maximum atomic E-state index is 12.3. The van der Waals surface area contributed by atoms with E-state index in [4.69, 9.17) is 0 Å². The van der Waals surface area contributed by atoms with Gasteiger partial charge in [0.15, 0.2) is 0 Å². The van der Waals surface area contributed by atoms with Gasteiger partial charge in [0.1, 0.15) is 0 Å². The Bertz CT molecular complexity index is 842. The number of hydrazine groups is 1. The van der Waals surface area contributed by atoms with Gasteiger partial charge in [-0.3, -0.25) is 10.2 Å². The molecule has 1 amide bonds. The summed E-state index contributed by atoms with van der Waals surface area (Å²) in [4.78, 5) is 14.6. The largest absolute Gasteiger partial charge is 0.277 e. The molecule has 0 aliphatic carbocycles. The highest BCUT2D eigenvalue weighted by atomic mass is 32.2. The lowest BCUT2D eigenvalue weighted by Crippen LogP contribution is -2.43. The molecule has 6 heteroatoms. The van der Waals surface area contributed by atoms with E-state index < -0.39 is 21.8 Å². The maximum Gasteiger partial charge on any atom is 0.257 e. The molecule has 26 heavy (non-hydrogen) atoms. The number of hydrogen-bond acceptors (Lipinski definition) is 3. The molecule has 0 bridgehead atoms. The van der Waals surface area contributed by atoms with Crippen LogP contribution in [0.2, 0.25) is 0 Å². The second-order valence-electron chi connectivity index (χ2n) is 6.97. The average molecular weight is 375 g/mol. The molecule has 2 aromatic rings. The van der Waals surface area contributed by atoms with Crippen molar-refractivity contribution >= 4 is 15.9 Å². The summed E-state index contributed by atoms with van der Waals surface area (Å²) in [6, 6.07) is 14.3. The van der Waals surface area contributed by atoms with Gasteiger partial charge in [0, 0.05) is 0 Å². The Balaban J connectivity index is 1.99. The Morgan fingerprint density at radius 2 is 1.54 bits per heavy atom. The van der Waals surface area contributed by atoms with E-state index in [0.717, 1.165) is 17.5 Å². The molecule has 0 spiro atoms. The van der Waals surface area contributed by atoms with Crippen LogP contribution in [0.5, 0.6) is 0 Å². The molecule has 1 unspecified atom stereocenters. The van der Waals surface area contributed by atoms with Crippen molar-refractivity contribution in [2.45, 2.75) is 44.9 Å². The van der Waals surface area contributed by atoms with Crippen molar-refractivity contribution in [3.63, 3.8) is 0 Å². The Morgan fingerprint density at radius 1 is 0.962 bits per heavy atom. The van der Waals surface area contributed by atoms with Crippen LogP contribution in [0.25, 0.3) is 0 Å². The first-order valence-corrected chi connectivity index (χ1v) is 10.1. The van der Waals surface area contributed by atoms with Crippen LogP contribution >= 0.6 is 0 Å². The van der Waals surface area contributed by atoms with Gasteiger partial charge >= 0.3 is 0 Å². The predicted octanol–water partition coefficient (Wildman–Crippen LogP) is 3.31. The molecule has 0 aliphatic rings. The van der Waals surface area contributed by atoms with E-state index in [1.54, 1.807) is 19.1 Å². The van der Waals surface area contributed by atoms with Gasteiger partial charge < -0.3 is 0 Å². The summed E-state index contributed by atoms with van der Waals surface area (Å²) >= 11 is 0. The molecule has 0 saturated heterocycles. The van der Waals surface area contributed by atoms with Crippen LogP contribution in [0.1, 0.15) is 43.4 Å². The van der Waals surface area contributed by atoms with Crippen molar-refractivity contribution < 1.29 is 13.2 Å². The molecule has 5 nitrogen and oxygen atoms in total. The molecule has 0 radical (unpaired) electrons. The SMILES string of the molecule is Cc1ccc(S(=O)(=O)NNC(=O)C(C)c2ccc(CC(C)C)cc2)cc1. The molecule has 2 rings (SSSR count). The van der Waals surface area contributed by atoms with Gasteiger partial charge in [-0.2, -0.15) is 0 Å². The summed E-state index contributed by atoms with van der Waals surface area (Å²) < 4.78 is 24.5. The lowest BCUT2D eigenvalue weighted by atomic mass is 9.96. The van der Waals surface area contributed by atoms with Gasteiger partial charge in [-0.05, 0) is 49.4 Å². The molecule has 0 heterocycles. The molecule has 140 valence electrons. The van der Waals surface area contributed by atoms with Gasteiger partial charge in [-0.1, -0.05) is 55.8 Å². The molecule has 0 fully saturated rings. The standard InChI is InChI=1S/C20H26N2O3S/c1-14(2)13-17-7-9-18(10-8-17)16(4)20(23)21-22-26(24,25)19-11-5-15(3)6-12-19/h5-12,14,16,22H,13H2,1-4H3,(H,21,23). The van der Waals surface area contributed by atoms with Crippen molar-refractivity contribution in [2.24, 2.45) is 5.92 Å². The Hall–Kier alpha value is -2.18. The van der Waals surface area contributed by atoms with E-state index in [9.17, 15) is 13.2 Å². The molecule has 1 atom stereocenters. The number of hydrogen-bond donors (Lipinski definition) is 2. The summed E-state index contributed by atoms with van der Waals surface area (Å²) in [5.41, 5.74) is 5.32. The maximum absolute atomic E-state index is 12.3. The molecular weight excluding hydrogens is 348 g/mol. The highest BCUT2D eigenvalue weighted by molar-refractivity contribution is 7.89. The Labute approximate surface area is 155 Å². The van der Waals surface area contributed by atoms with E-state index in [1.165, 1.54) is 17.7 Å². The van der Waals surface area contributed by atoms with Crippen LogP contribution in [0.4, 0.5) is 0 Å². The van der Waals surface area contributed by atoms with E-state index >= 15 is 0 Å². The van der Waals surface area contributed by atoms with Gasteiger partial charge in [-0.15, -0.1) is 4.83 Å². The van der Waals surface area contributed by atoms with Crippen molar-refractivity contribution in [3.8, 4) is 0 Å². The summed E-state index contributed by atoms with van der Waals surface area (Å²) in [6.45, 7) is 7.93. The molecule has 0 saturated carbocycles. The average Bonchev–Trinajstić information content (AvgIpc) is 2.59. The van der Waals surface area contributed by atoms with Gasteiger partial charge in [0.2, 0.25) is 5.91 Å². The van der Waals surface area contributed by atoms with Gasteiger partial charge in [0.25, 0.3) is 10.0 Å². The molecule has 2 aromatic carbocycles. The summed E-state index contributed by atoms with van der Waals surface area (Å²) in [7, 11) is -3.79. The van der Waals surface area contributed by atoms with Crippen LogP contribution in [0.3, 0.4) is 0 Å². The minimum Gasteiger partial charge on any atom is -0.277 e. The molecule has 2 N–H and O–H groups in total. The minimum atomic E-state index is -3.79. The lowest BCUT2D eigenvalue weighted by molar-refractivity contribution is -0.122. The predicted molar refractivity (Wildman–Crippen MR) is 103 cm³/mol. The second kappa shape index (κ2) is 8.47. The first-order chi connectivity index (χ1) is 12.2. The topological polar surface area (TPSA) is 75.3 Å². The third kappa shape index (κ3) is 5.41. The van der Waals surface area contributed by atoms with Crippen molar-refractivity contribution in [1.29, 1.82) is 0 Å². The first kappa shape index (κ1) is 20.1. The zero-order chi connectivity index (χ0) is 19.3. The van der Waals surface area contributed by atoms with Crippen LogP contribution in [-0.2, 0) is 21.2 Å². The summed E-state index contributed by atoms with van der Waals surface area (Å²) in [5, 5.41) is 0. The molecular formula is C20H26N2O3S. The second-order valence-corrected chi connectivity index (χ2v) is 8.65. The van der Waals surface area contributed by atoms with Crippen molar-refractivity contribution in [3.05, 3.63) is 65.2 Å². The third-order valence-corrected chi connectivity index (χ3v) is 5.42. The number of nitrogens with one attached hydrogen (secondary N) is 2. The molecule has 0 aliphatic heterocycles. The fourth-order valence-electron chi connectivity index (χ4n) is 2.57. The number of aryl methyl sites for hydroxylation is 1. The first-order valence-electron chi connectivity index (χ1n) is 8.66. The van der Waals surface area contributed by atoms with E-state index in [1.807, 2.05) is 31.2 Å². The zero-order valence-electron chi connectivity index (χ0n) is 15.6. The van der Waals surface area contributed by atoms with Gasteiger partial charge in [-0.25, -0.2) is 8.42 Å². The fourth-order valence-corrected chi connectivity index (χ4v) is 3.41. The fraction of sp³-hybridized carbons (Fsp3) is 0.350. The zero-order valence-corrected chi connectivity index (χ0v) is 16.4. The highest BCUT2D eigenvalue weighted by Crippen LogP contribution is 2.18. The van der Waals surface area contributed by atoms with Crippen molar-refractivity contribution in [2.75, 3.05) is 0 Å². The van der Waals surface area contributed by atoms with E-state index in [0.29, 0.717) is 5.92 Å². The van der Waals surface area contributed by atoms with Crippen LogP contribution in [0, 0.1) is 12.8 Å². The third-order valence-electron chi connectivity index (χ3n) is 4.16. The number of carbonyl (C=O) groups is 1. The monoisotopic (exact) mass is 374 g/mol. The number of carbonyl (C=O) groups excluding carboxylic acids is 1. The lowest BCUT2D eigenvalue weighted by Gasteiger charge is -2.14. The Kier molecular flexibility index (Phi) is 6.56. The van der Waals surface area contributed by atoms with Crippen LogP contribution in [-0.4, -0.2) is 14.3 Å². The van der Waals surface area contributed by atoms with E-state index in [2.05, 4.69) is 24.1 Å². The quantitative estimate of drug-likeness (QED) is 0.730. The van der Waals surface area contributed by atoms with Crippen LogP contribution < -0.4 is 10.3 Å². The number of amides is 1. The number of rotatable bonds is 7. The number of sulfonamides is 1. The Morgan fingerprint density at radius 3 is 2.08 bits per heavy atom. The summed E-state index contributed by atoms with van der Waals surface area (Å²) in [5.74, 6) is -0.307. The summed E-state index contributed by atoms with van der Waals surface area (Å²) in [6.07, 6.45) is 0.983.